The number of benzene rings is 2. The molecule has 3 aliphatic rings. The van der Waals surface area contributed by atoms with Crippen molar-refractivity contribution in [3.63, 3.8) is 0 Å². The van der Waals surface area contributed by atoms with Gasteiger partial charge in [0.2, 0.25) is 5.91 Å². The molecule has 210 valence electrons. The lowest BCUT2D eigenvalue weighted by molar-refractivity contribution is -0.133. The van der Waals surface area contributed by atoms with Crippen LogP contribution in [-0.4, -0.2) is 52.8 Å². The Morgan fingerprint density at radius 2 is 1.67 bits per heavy atom. The van der Waals surface area contributed by atoms with Crippen LogP contribution in [0.5, 0.6) is 0 Å². The van der Waals surface area contributed by atoms with Gasteiger partial charge in [-0.2, -0.15) is 0 Å². The van der Waals surface area contributed by atoms with Crippen molar-refractivity contribution in [2.45, 2.75) is 69.5 Å². The molecule has 2 N–H and O–H groups in total. The molecular weight excluding hydrogens is 580 g/mol. The third-order valence-electron chi connectivity index (χ3n) is 8.44. The number of piperidine rings is 1. The van der Waals surface area contributed by atoms with Crippen LogP contribution < -0.4 is 10.6 Å². The van der Waals surface area contributed by atoms with Gasteiger partial charge in [-0.3, -0.25) is 14.5 Å². The standard InChI is InChI=1S/C30H37BrN4O3.ClH/c31-25-13-11-22(12-14-25)21-35-28(37)30(33-29(35)38)16-19-34(20-17-30)18-15-26(23-7-3-1-4-8-23)32-27(36)24-9-5-2-6-10-24;/h1,3-4,7-8,11-14,24,26H,2,5-6,9-10,15-21H2,(H,32,36)(H,33,38);1H. The summed E-state index contributed by atoms with van der Waals surface area (Å²) in [6.07, 6.45) is 7.48. The first-order chi connectivity index (χ1) is 18.4. The van der Waals surface area contributed by atoms with Crippen LogP contribution in [0.25, 0.3) is 0 Å². The van der Waals surface area contributed by atoms with Gasteiger partial charge in [-0.25, -0.2) is 4.79 Å². The lowest BCUT2D eigenvalue weighted by Gasteiger charge is -2.38. The molecule has 1 saturated carbocycles. The van der Waals surface area contributed by atoms with E-state index in [2.05, 4.69) is 43.6 Å². The molecule has 1 spiro atoms. The normalized spacial score (nSPS) is 20.4. The van der Waals surface area contributed by atoms with Crippen LogP contribution in [0.2, 0.25) is 0 Å². The van der Waals surface area contributed by atoms with E-state index < -0.39 is 5.54 Å². The third-order valence-corrected chi connectivity index (χ3v) is 8.97. The van der Waals surface area contributed by atoms with Crippen molar-refractivity contribution in [2.75, 3.05) is 19.6 Å². The number of imide groups is 1. The van der Waals surface area contributed by atoms with Crippen molar-refractivity contribution in [1.29, 1.82) is 0 Å². The number of urea groups is 1. The molecule has 5 rings (SSSR count). The number of nitrogens with one attached hydrogen (secondary N) is 2. The topological polar surface area (TPSA) is 81.8 Å². The Morgan fingerprint density at radius 1 is 1.00 bits per heavy atom. The Morgan fingerprint density at radius 3 is 2.33 bits per heavy atom. The van der Waals surface area contributed by atoms with E-state index in [9.17, 15) is 14.4 Å². The zero-order chi connectivity index (χ0) is 26.5. The molecule has 7 nitrogen and oxygen atoms in total. The quantitative estimate of drug-likeness (QED) is 0.379. The number of halogens is 2. The second-order valence-electron chi connectivity index (χ2n) is 11.0. The number of likely N-dealkylation sites (tertiary alicyclic amines) is 1. The van der Waals surface area contributed by atoms with Gasteiger partial charge in [0, 0.05) is 30.0 Å². The molecule has 2 aromatic carbocycles. The van der Waals surface area contributed by atoms with Crippen LogP contribution in [0.15, 0.2) is 59.1 Å². The van der Waals surface area contributed by atoms with Crippen molar-refractivity contribution < 1.29 is 14.4 Å². The molecule has 1 atom stereocenters. The largest absolute Gasteiger partial charge is 0.349 e. The maximum absolute atomic E-state index is 13.4. The molecule has 1 aliphatic carbocycles. The molecular formula is C30H38BrClN4O3. The monoisotopic (exact) mass is 616 g/mol. The highest BCUT2D eigenvalue weighted by Crippen LogP contribution is 2.31. The lowest BCUT2D eigenvalue weighted by atomic mass is 9.87. The van der Waals surface area contributed by atoms with Crippen molar-refractivity contribution in [2.24, 2.45) is 5.92 Å². The maximum Gasteiger partial charge on any atom is 0.325 e. The summed E-state index contributed by atoms with van der Waals surface area (Å²) in [5.74, 6) is 0.190. The van der Waals surface area contributed by atoms with Gasteiger partial charge in [0.1, 0.15) is 5.54 Å². The molecule has 2 aliphatic heterocycles. The van der Waals surface area contributed by atoms with E-state index in [1.165, 1.54) is 11.3 Å². The molecule has 0 bridgehead atoms. The van der Waals surface area contributed by atoms with Crippen LogP contribution in [0.4, 0.5) is 4.79 Å². The van der Waals surface area contributed by atoms with Crippen LogP contribution >= 0.6 is 28.3 Å². The van der Waals surface area contributed by atoms with Crippen molar-refractivity contribution in [1.82, 2.24) is 20.4 Å². The minimum absolute atomic E-state index is 0. The first-order valence-electron chi connectivity index (χ1n) is 13.9. The van der Waals surface area contributed by atoms with Crippen LogP contribution in [0, 0.1) is 5.92 Å². The minimum atomic E-state index is -0.809. The zero-order valence-corrected chi connectivity index (χ0v) is 24.6. The number of hydrogen-bond donors (Lipinski definition) is 2. The summed E-state index contributed by atoms with van der Waals surface area (Å²) >= 11 is 3.42. The molecule has 0 radical (unpaired) electrons. The number of carbonyl (C=O) groups excluding carboxylic acids is 3. The number of carbonyl (C=O) groups is 3. The summed E-state index contributed by atoms with van der Waals surface area (Å²) in [6.45, 7) is 2.57. The highest BCUT2D eigenvalue weighted by molar-refractivity contribution is 9.10. The summed E-state index contributed by atoms with van der Waals surface area (Å²) in [6, 6.07) is 17.6. The Kier molecular flexibility index (Phi) is 10.1. The predicted octanol–water partition coefficient (Wildman–Crippen LogP) is 5.59. The van der Waals surface area contributed by atoms with Crippen LogP contribution in [0.3, 0.4) is 0 Å². The smallest absolute Gasteiger partial charge is 0.325 e. The molecule has 4 amide bonds. The lowest BCUT2D eigenvalue weighted by Crippen LogP contribution is -2.55. The summed E-state index contributed by atoms with van der Waals surface area (Å²) < 4.78 is 0.963. The van der Waals surface area contributed by atoms with E-state index >= 15 is 0 Å². The van der Waals surface area contributed by atoms with Gasteiger partial charge in [0.15, 0.2) is 0 Å². The first kappa shape index (κ1) is 29.6. The number of rotatable bonds is 8. The fraction of sp³-hybridized carbons (Fsp3) is 0.500. The highest BCUT2D eigenvalue weighted by Gasteiger charge is 2.52. The Hall–Kier alpha value is -2.42. The first-order valence-corrected chi connectivity index (χ1v) is 14.7. The highest BCUT2D eigenvalue weighted by atomic mass is 79.9. The molecule has 1 unspecified atom stereocenters. The zero-order valence-electron chi connectivity index (χ0n) is 22.2. The number of nitrogens with zero attached hydrogens (tertiary/aromatic N) is 2. The fourth-order valence-corrected chi connectivity index (χ4v) is 6.33. The van der Waals surface area contributed by atoms with Gasteiger partial charge >= 0.3 is 6.03 Å². The molecule has 3 fully saturated rings. The SMILES string of the molecule is Cl.O=C(NC(CCN1CCC2(CC1)NC(=O)N(Cc1ccc(Br)cc1)C2=O)c1ccccc1)C1CCCCC1. The van der Waals surface area contributed by atoms with Gasteiger partial charge in [-0.05, 0) is 55.4 Å². The molecule has 9 heteroatoms. The Labute approximate surface area is 245 Å². The Balaban J connectivity index is 0.00000353. The van der Waals surface area contributed by atoms with Gasteiger partial charge in [0.25, 0.3) is 5.91 Å². The van der Waals surface area contributed by atoms with Crippen LogP contribution in [0.1, 0.15) is 68.5 Å². The molecule has 2 aromatic rings. The average molecular weight is 618 g/mol. The summed E-state index contributed by atoms with van der Waals surface area (Å²) in [5.41, 5.74) is 1.25. The number of hydrogen-bond acceptors (Lipinski definition) is 4. The molecule has 39 heavy (non-hydrogen) atoms. The third kappa shape index (κ3) is 7.02. The predicted molar refractivity (Wildman–Crippen MR) is 157 cm³/mol. The Bertz CT molecular complexity index is 1130. The van der Waals surface area contributed by atoms with E-state index in [1.807, 2.05) is 42.5 Å². The van der Waals surface area contributed by atoms with Crippen LogP contribution in [-0.2, 0) is 16.1 Å². The van der Waals surface area contributed by atoms with E-state index in [1.54, 1.807) is 0 Å². The van der Waals surface area contributed by atoms with E-state index in [0.717, 1.165) is 67.3 Å². The molecule has 0 aromatic heterocycles. The second kappa shape index (κ2) is 13.3. The molecule has 2 saturated heterocycles. The van der Waals surface area contributed by atoms with Gasteiger partial charge in [0.05, 0.1) is 12.6 Å². The summed E-state index contributed by atoms with van der Waals surface area (Å²) in [4.78, 5) is 42.9. The minimum Gasteiger partial charge on any atom is -0.349 e. The van der Waals surface area contributed by atoms with Crippen molar-refractivity contribution >= 4 is 46.2 Å². The van der Waals surface area contributed by atoms with E-state index in [0.29, 0.717) is 12.8 Å². The van der Waals surface area contributed by atoms with Crippen molar-refractivity contribution in [3.05, 3.63) is 70.2 Å². The fourth-order valence-electron chi connectivity index (χ4n) is 6.06. The van der Waals surface area contributed by atoms with E-state index in [4.69, 9.17) is 0 Å². The van der Waals surface area contributed by atoms with Gasteiger partial charge in [-0.1, -0.05) is 77.7 Å². The number of amides is 4. The summed E-state index contributed by atoms with van der Waals surface area (Å²) in [5, 5.41) is 6.37. The summed E-state index contributed by atoms with van der Waals surface area (Å²) in [7, 11) is 0. The van der Waals surface area contributed by atoms with Crippen molar-refractivity contribution in [3.8, 4) is 0 Å². The van der Waals surface area contributed by atoms with E-state index in [-0.39, 0.29) is 48.8 Å². The second-order valence-corrected chi connectivity index (χ2v) is 11.9. The van der Waals surface area contributed by atoms with Gasteiger partial charge < -0.3 is 15.5 Å². The average Bonchev–Trinajstić information content (AvgIpc) is 3.17. The molecule has 2 heterocycles. The van der Waals surface area contributed by atoms with Gasteiger partial charge in [-0.15, -0.1) is 12.4 Å². The maximum atomic E-state index is 13.4.